The first-order valence-corrected chi connectivity index (χ1v) is 26.1. The zero-order valence-corrected chi connectivity index (χ0v) is 46.5. The van der Waals surface area contributed by atoms with Crippen molar-refractivity contribution >= 4 is 86.8 Å². The molecule has 7 rings (SSSR count). The number of aromatic nitrogens is 4. The highest BCUT2D eigenvalue weighted by Gasteiger charge is 2.55. The Morgan fingerprint density at radius 3 is 2.17 bits per heavy atom. The third-order valence-electron chi connectivity index (χ3n) is 11.1. The SMILES string of the molecule is COc1ccc(COC(=O)C2=C(C[n+]3ccc4c(ccn4Cc4ccc(C(N)=NC(=O)OC(C)(C)C)cc4)c3)CS[C@@H]3[C@H](NC(=O)/C(=N\OC(C)(C)C(=O)OC(C)(C)C)c4nsc(NC(=O)OC(C)(C)C)n4)C(=O)N23)cc1. The van der Waals surface area contributed by atoms with Gasteiger partial charge >= 0.3 is 24.1 Å². The van der Waals surface area contributed by atoms with Gasteiger partial charge in [-0.15, -0.1) is 11.8 Å². The van der Waals surface area contributed by atoms with Crippen molar-refractivity contribution in [2.75, 3.05) is 18.2 Å². The van der Waals surface area contributed by atoms with Crippen molar-refractivity contribution in [3.05, 3.63) is 113 Å². The number of β-lactam (4-membered cyclic amide) rings is 1. The van der Waals surface area contributed by atoms with Crippen LogP contribution in [0.3, 0.4) is 0 Å². The Morgan fingerprint density at radius 2 is 1.52 bits per heavy atom. The van der Waals surface area contributed by atoms with Crippen LogP contribution in [0.1, 0.15) is 98.7 Å². The van der Waals surface area contributed by atoms with Crippen LogP contribution in [-0.4, -0.2) is 113 Å². The molecule has 0 unspecified atom stereocenters. The fraction of sp³-hybridized carbons (Fsp3) is 0.415. The van der Waals surface area contributed by atoms with Crippen molar-refractivity contribution in [3.63, 3.8) is 0 Å². The summed E-state index contributed by atoms with van der Waals surface area (Å²) in [6.07, 6.45) is 4.20. The fourth-order valence-electron chi connectivity index (χ4n) is 7.56. The number of nitrogens with zero attached hydrogens (tertiary/aromatic N) is 7. The summed E-state index contributed by atoms with van der Waals surface area (Å²) in [4.78, 5) is 96.0. The molecule has 2 aliphatic heterocycles. The molecule has 0 radical (unpaired) electrons. The van der Waals surface area contributed by atoms with E-state index in [1.165, 1.54) is 30.5 Å². The van der Waals surface area contributed by atoms with E-state index in [1.807, 2.05) is 47.4 Å². The number of nitrogens with two attached hydrogens (primary N) is 1. The highest BCUT2D eigenvalue weighted by molar-refractivity contribution is 8.00. The molecule has 24 heteroatoms. The summed E-state index contributed by atoms with van der Waals surface area (Å²) >= 11 is 2.06. The number of thioether (sulfide) groups is 1. The van der Waals surface area contributed by atoms with Gasteiger partial charge in [0.2, 0.25) is 22.3 Å². The number of methoxy groups -OCH3 is 1. The molecule has 4 amide bonds. The molecular weight excluding hydrogens is 1030 g/mol. The zero-order chi connectivity index (χ0) is 56.2. The van der Waals surface area contributed by atoms with E-state index in [4.69, 9.17) is 34.3 Å². The van der Waals surface area contributed by atoms with Gasteiger partial charge in [-0.05, 0) is 105 Å². The zero-order valence-electron chi connectivity index (χ0n) is 44.9. The molecule has 5 aromatic rings. The first-order valence-electron chi connectivity index (χ1n) is 24.3. The Balaban J connectivity index is 1.12. The molecule has 2 aromatic carbocycles. The number of aliphatic imine (C=N–C) groups is 1. The van der Waals surface area contributed by atoms with E-state index in [0.29, 0.717) is 29.0 Å². The van der Waals surface area contributed by atoms with Crippen LogP contribution in [0.2, 0.25) is 0 Å². The number of nitrogens with one attached hydrogen (secondary N) is 2. The van der Waals surface area contributed by atoms with E-state index in [1.54, 1.807) is 106 Å². The maximum Gasteiger partial charge on any atom is 0.436 e. The highest BCUT2D eigenvalue weighted by Crippen LogP contribution is 2.41. The Kier molecular flexibility index (Phi) is 16.8. The van der Waals surface area contributed by atoms with E-state index in [9.17, 15) is 28.8 Å². The number of ether oxygens (including phenoxy) is 5. The number of rotatable bonds is 16. The van der Waals surface area contributed by atoms with Crippen LogP contribution >= 0.6 is 23.3 Å². The van der Waals surface area contributed by atoms with Crippen molar-refractivity contribution in [3.8, 4) is 5.75 Å². The van der Waals surface area contributed by atoms with E-state index in [-0.39, 0.29) is 41.4 Å². The quantitative estimate of drug-likeness (QED) is 0.0175. The average Bonchev–Trinajstić information content (AvgIpc) is 4.02. The summed E-state index contributed by atoms with van der Waals surface area (Å²) < 4.78 is 35.5. The standard InChI is InChI=1S/C53H62N10O12S2/c1-50(2,3)72-46(67)53(10,11)75-59-37(41-57-47(77-60-41)58-49(69)74-52(7,8)9)42(64)55-38-43(65)63-39(45(66)71-28-31-15-19-35(70-12)20-16-31)34(29-76-44(38)63)27-61-23-22-36-33(26-61)21-24-62(36)25-30-13-17-32(18-14-30)40(54)56-48(68)73-51(4,5)6/h13-24,26,38,44H,25,27-29H2,1-12H3,(H3-,54,55,56,57,58,60,64,68,69)/p+1/b59-37-/t38-,44-/m1/s1. The van der Waals surface area contributed by atoms with Gasteiger partial charge < -0.3 is 44.1 Å². The molecule has 0 aliphatic carbocycles. The van der Waals surface area contributed by atoms with Crippen LogP contribution in [-0.2, 0) is 62.7 Å². The number of esters is 2. The van der Waals surface area contributed by atoms with E-state index >= 15 is 0 Å². The second kappa shape index (κ2) is 22.8. The number of carbonyl (C=O) groups is 6. The number of hydrogen-bond donors (Lipinski definition) is 3. The summed E-state index contributed by atoms with van der Waals surface area (Å²) in [7, 11) is 1.55. The van der Waals surface area contributed by atoms with Crippen LogP contribution in [0.25, 0.3) is 10.9 Å². The number of fused-ring (bicyclic) bond motifs is 2. The maximum absolute atomic E-state index is 14.4. The predicted molar refractivity (Wildman–Crippen MR) is 287 cm³/mol. The molecule has 2 aliphatic rings. The number of oxime groups is 1. The normalized spacial score (nSPS) is 16.3. The highest BCUT2D eigenvalue weighted by atomic mass is 32.2. The number of hydrogen-bond acceptors (Lipinski definition) is 17. The Labute approximate surface area is 453 Å². The van der Waals surface area contributed by atoms with Crippen LogP contribution in [0.4, 0.5) is 14.7 Å². The van der Waals surface area contributed by atoms with Gasteiger partial charge in [-0.1, -0.05) is 41.6 Å². The van der Waals surface area contributed by atoms with Crippen LogP contribution in [0.15, 0.2) is 101 Å². The number of amidine groups is 1. The Bertz CT molecular complexity index is 3160. The lowest BCUT2D eigenvalue weighted by molar-refractivity contribution is -0.687. The van der Waals surface area contributed by atoms with E-state index < -0.39 is 75.5 Å². The van der Waals surface area contributed by atoms with Gasteiger partial charge in [-0.3, -0.25) is 19.8 Å². The molecule has 0 spiro atoms. The molecule has 4 N–H and O–H groups in total. The van der Waals surface area contributed by atoms with Crippen molar-refractivity contribution in [2.24, 2.45) is 15.9 Å². The van der Waals surface area contributed by atoms with Crippen LogP contribution < -0.4 is 25.7 Å². The number of pyridine rings is 1. The van der Waals surface area contributed by atoms with Crippen molar-refractivity contribution in [1.29, 1.82) is 0 Å². The topological polar surface area (TPSA) is 270 Å². The Morgan fingerprint density at radius 1 is 0.857 bits per heavy atom. The minimum atomic E-state index is -1.71. The number of benzene rings is 2. The number of anilines is 1. The van der Waals surface area contributed by atoms with Crippen LogP contribution in [0.5, 0.6) is 5.75 Å². The maximum atomic E-state index is 14.4. The molecule has 2 atom stereocenters. The third-order valence-corrected chi connectivity index (χ3v) is 13.1. The summed E-state index contributed by atoms with van der Waals surface area (Å²) in [5.74, 6) is -2.44. The van der Waals surface area contributed by atoms with Crippen molar-refractivity contribution < 1.29 is 61.9 Å². The second-order valence-corrected chi connectivity index (χ2v) is 23.3. The largest absolute Gasteiger partial charge is 0.497 e. The first-order chi connectivity index (χ1) is 36.1. The van der Waals surface area contributed by atoms with Gasteiger partial charge in [0.1, 0.15) is 52.1 Å². The lowest BCUT2D eigenvalue weighted by atomic mass is 10.0. The third kappa shape index (κ3) is 14.8. The first kappa shape index (κ1) is 56.9. The lowest BCUT2D eigenvalue weighted by Crippen LogP contribution is -2.71. The summed E-state index contributed by atoms with van der Waals surface area (Å²) in [5, 5.41) is 9.32. The molecule has 0 bridgehead atoms. The van der Waals surface area contributed by atoms with E-state index in [0.717, 1.165) is 28.0 Å². The van der Waals surface area contributed by atoms with Gasteiger partial charge in [-0.2, -0.15) is 14.3 Å². The molecule has 1 fully saturated rings. The fourth-order valence-corrected chi connectivity index (χ4v) is 9.45. The van der Waals surface area contributed by atoms with Gasteiger partial charge in [0.05, 0.1) is 18.0 Å². The molecular formula is C53H63N10O12S2+. The van der Waals surface area contributed by atoms with Crippen LogP contribution in [0, 0.1) is 0 Å². The average molecular weight is 1100 g/mol. The molecule has 1 saturated heterocycles. The molecule has 22 nitrogen and oxygen atoms in total. The predicted octanol–water partition coefficient (Wildman–Crippen LogP) is 6.76. The van der Waals surface area contributed by atoms with Gasteiger partial charge in [0.15, 0.2) is 18.9 Å². The number of amides is 4. The van der Waals surface area contributed by atoms with Crippen molar-refractivity contribution in [2.45, 2.75) is 130 Å². The molecule has 0 saturated carbocycles. The van der Waals surface area contributed by atoms with Crippen molar-refractivity contribution in [1.82, 2.24) is 24.1 Å². The minimum absolute atomic E-state index is 0.0403. The number of carbonyl (C=O) groups excluding carboxylic acids is 6. The smallest absolute Gasteiger partial charge is 0.436 e. The minimum Gasteiger partial charge on any atom is -0.497 e. The molecule has 3 aromatic heterocycles. The van der Waals surface area contributed by atoms with Gasteiger partial charge in [0, 0.05) is 47.2 Å². The molecule has 5 heterocycles. The lowest BCUT2D eigenvalue weighted by Gasteiger charge is -2.49. The summed E-state index contributed by atoms with van der Waals surface area (Å²) in [5.41, 5.74) is 5.27. The van der Waals surface area contributed by atoms with Gasteiger partial charge in [0.25, 0.3) is 11.8 Å². The Hall–Kier alpha value is -7.86. The summed E-state index contributed by atoms with van der Waals surface area (Å²) in [6, 6.07) is 17.2. The molecule has 408 valence electrons. The summed E-state index contributed by atoms with van der Waals surface area (Å²) in [6.45, 7) is 18.8. The van der Waals surface area contributed by atoms with E-state index in [2.05, 4.69) is 34.7 Å². The van der Waals surface area contributed by atoms with Gasteiger partial charge in [-0.25, -0.2) is 23.7 Å². The monoisotopic (exact) mass is 1100 g/mol. The molecule has 77 heavy (non-hydrogen) atoms. The second-order valence-electron chi connectivity index (χ2n) is 21.4.